The second-order valence-electron chi connectivity index (χ2n) is 7.85. The van der Waals surface area contributed by atoms with Crippen molar-refractivity contribution in [2.24, 2.45) is 5.92 Å². The number of nitrogens with zero attached hydrogens (tertiary/aromatic N) is 2. The first-order valence-corrected chi connectivity index (χ1v) is 10.6. The van der Waals surface area contributed by atoms with E-state index in [0.29, 0.717) is 0 Å². The van der Waals surface area contributed by atoms with E-state index >= 15 is 0 Å². The lowest BCUT2D eigenvalue weighted by Gasteiger charge is -2.25. The Balaban J connectivity index is 5.15. The molecule has 0 spiro atoms. The highest BCUT2D eigenvalue weighted by atomic mass is 31.2. The predicted octanol–water partition coefficient (Wildman–Crippen LogP) is 4.47. The van der Waals surface area contributed by atoms with Crippen molar-refractivity contribution in [3.05, 3.63) is 20.2 Å². The van der Waals surface area contributed by atoms with Crippen LogP contribution in [0.2, 0.25) is 0 Å². The van der Waals surface area contributed by atoms with Gasteiger partial charge in [-0.25, -0.2) is 4.57 Å². The molecular formula is C16H33N2O8P. The summed E-state index contributed by atoms with van der Waals surface area (Å²) in [4.78, 5) is 21.0. The number of phosphoric ester groups is 1. The van der Waals surface area contributed by atoms with Crippen molar-refractivity contribution in [3.8, 4) is 0 Å². The molecule has 160 valence electrons. The molecular weight excluding hydrogens is 379 g/mol. The van der Waals surface area contributed by atoms with Crippen molar-refractivity contribution >= 4 is 7.82 Å². The van der Waals surface area contributed by atoms with E-state index in [9.17, 15) is 24.8 Å². The van der Waals surface area contributed by atoms with Gasteiger partial charge in [0, 0.05) is 37.5 Å². The van der Waals surface area contributed by atoms with E-state index in [1.807, 2.05) is 6.92 Å². The van der Waals surface area contributed by atoms with Crippen LogP contribution in [0.1, 0.15) is 67.2 Å². The molecule has 1 unspecified atom stereocenters. The quantitative estimate of drug-likeness (QED) is 0.219. The minimum atomic E-state index is -4.20. The van der Waals surface area contributed by atoms with Crippen LogP contribution in [-0.4, -0.2) is 40.7 Å². The zero-order chi connectivity index (χ0) is 21.3. The zero-order valence-electron chi connectivity index (χ0n) is 17.1. The Labute approximate surface area is 160 Å². The average molecular weight is 412 g/mol. The van der Waals surface area contributed by atoms with E-state index in [1.54, 1.807) is 0 Å². The van der Waals surface area contributed by atoms with E-state index in [2.05, 4.69) is 6.92 Å². The van der Waals surface area contributed by atoms with Crippen molar-refractivity contribution in [1.29, 1.82) is 0 Å². The van der Waals surface area contributed by atoms with Crippen molar-refractivity contribution in [2.75, 3.05) is 19.8 Å². The molecule has 10 nitrogen and oxygen atoms in total. The lowest BCUT2D eigenvalue weighted by molar-refractivity contribution is -0.564. The van der Waals surface area contributed by atoms with Gasteiger partial charge in [-0.1, -0.05) is 33.1 Å². The molecule has 0 radical (unpaired) electrons. The van der Waals surface area contributed by atoms with E-state index in [4.69, 9.17) is 13.6 Å². The summed E-state index contributed by atoms with van der Waals surface area (Å²) in [5, 5.41) is 22.1. The Bertz CT molecular complexity index is 505. The minimum Gasteiger partial charge on any atom is -0.287 e. The van der Waals surface area contributed by atoms with Crippen molar-refractivity contribution in [3.63, 3.8) is 0 Å². The molecule has 0 aromatic heterocycles. The van der Waals surface area contributed by atoms with Gasteiger partial charge in [0.2, 0.25) is 11.1 Å². The average Bonchev–Trinajstić information content (AvgIpc) is 2.58. The molecule has 0 fully saturated rings. The molecule has 11 heteroatoms. The molecule has 0 amide bonds. The van der Waals surface area contributed by atoms with Gasteiger partial charge in [-0.2, -0.15) is 0 Å². The molecule has 0 N–H and O–H groups in total. The van der Waals surface area contributed by atoms with Crippen LogP contribution >= 0.6 is 7.82 Å². The third-order valence-corrected chi connectivity index (χ3v) is 5.51. The normalized spacial score (nSPS) is 14.1. The number of hydrogen-bond donors (Lipinski definition) is 0. The van der Waals surface area contributed by atoms with Crippen LogP contribution < -0.4 is 0 Å². The standard InChI is InChI=1S/C16H33N2O8P/c1-7-9-10-14(8-2)11-24-27(23,25-12-15(3,4)17(19)20)26-13-16(5,6)18(21)22/h14H,7-13H2,1-6H3. The first-order chi connectivity index (χ1) is 12.3. The fraction of sp³-hybridized carbons (Fsp3) is 1.00. The maximum atomic E-state index is 12.9. The second-order valence-corrected chi connectivity index (χ2v) is 9.51. The third kappa shape index (κ3) is 9.60. The minimum absolute atomic E-state index is 0.0889. The number of phosphoric acid groups is 1. The molecule has 0 saturated heterocycles. The van der Waals surface area contributed by atoms with E-state index in [-0.39, 0.29) is 12.5 Å². The van der Waals surface area contributed by atoms with Gasteiger partial charge >= 0.3 is 7.82 Å². The van der Waals surface area contributed by atoms with Crippen LogP contribution in [0.4, 0.5) is 0 Å². The first-order valence-electron chi connectivity index (χ1n) is 9.12. The predicted molar refractivity (Wildman–Crippen MR) is 101 cm³/mol. The topological polar surface area (TPSA) is 131 Å². The fourth-order valence-electron chi connectivity index (χ4n) is 1.79. The van der Waals surface area contributed by atoms with Crippen molar-refractivity contribution in [1.82, 2.24) is 0 Å². The number of rotatable bonds is 15. The molecule has 0 aliphatic heterocycles. The summed E-state index contributed by atoms with van der Waals surface area (Å²) in [5.74, 6) is 0.123. The zero-order valence-corrected chi connectivity index (χ0v) is 18.0. The van der Waals surface area contributed by atoms with E-state index < -0.39 is 42.0 Å². The molecule has 0 rings (SSSR count). The maximum Gasteiger partial charge on any atom is 0.475 e. The number of unbranched alkanes of at least 4 members (excludes halogenated alkanes) is 1. The summed E-state index contributed by atoms with van der Waals surface area (Å²) in [6.45, 7) is 8.35. The Kier molecular flexibility index (Phi) is 10.6. The Hall–Kier alpha value is -1.09. The summed E-state index contributed by atoms with van der Waals surface area (Å²) in [5.41, 5.74) is -3.01. The van der Waals surface area contributed by atoms with Gasteiger partial charge in [-0.3, -0.25) is 33.8 Å². The fourth-order valence-corrected chi connectivity index (χ4v) is 3.35. The highest BCUT2D eigenvalue weighted by Crippen LogP contribution is 2.51. The van der Waals surface area contributed by atoms with E-state index in [0.717, 1.165) is 25.7 Å². The molecule has 0 aromatic rings. The smallest absolute Gasteiger partial charge is 0.287 e. The Morgan fingerprint density at radius 1 is 0.926 bits per heavy atom. The highest BCUT2D eigenvalue weighted by Gasteiger charge is 2.41. The summed E-state index contributed by atoms with van der Waals surface area (Å²) in [6.07, 6.45) is 3.65. The van der Waals surface area contributed by atoms with Crippen LogP contribution in [-0.2, 0) is 18.1 Å². The summed E-state index contributed by atoms with van der Waals surface area (Å²) in [7, 11) is -4.20. The molecule has 0 aromatic carbocycles. The molecule has 0 aliphatic carbocycles. The molecule has 0 aliphatic rings. The summed E-state index contributed by atoms with van der Waals surface area (Å²) < 4.78 is 28.7. The molecule has 0 heterocycles. The molecule has 0 saturated carbocycles. The lowest BCUT2D eigenvalue weighted by Crippen LogP contribution is -2.37. The van der Waals surface area contributed by atoms with Gasteiger partial charge in [-0.05, 0) is 12.3 Å². The highest BCUT2D eigenvalue weighted by molar-refractivity contribution is 7.48. The summed E-state index contributed by atoms with van der Waals surface area (Å²) in [6, 6.07) is 0. The van der Waals surface area contributed by atoms with Crippen molar-refractivity contribution in [2.45, 2.75) is 78.3 Å². The van der Waals surface area contributed by atoms with Gasteiger partial charge in [0.05, 0.1) is 6.61 Å². The first kappa shape index (κ1) is 25.9. The van der Waals surface area contributed by atoms with Gasteiger partial charge in [0.25, 0.3) is 0 Å². The number of hydrogen-bond acceptors (Lipinski definition) is 8. The largest absolute Gasteiger partial charge is 0.475 e. The van der Waals surface area contributed by atoms with Crippen molar-refractivity contribution < 1.29 is 28.0 Å². The van der Waals surface area contributed by atoms with Crippen LogP contribution in [0.15, 0.2) is 0 Å². The second kappa shape index (κ2) is 11.0. The Morgan fingerprint density at radius 3 is 1.70 bits per heavy atom. The SMILES string of the molecule is CCCCC(CC)COP(=O)(OCC(C)(C)[N+](=O)[O-])OCC(C)(C)[N+](=O)[O-]. The lowest BCUT2D eigenvalue weighted by atomic mass is 10.0. The van der Waals surface area contributed by atoms with Crippen LogP contribution in [0, 0.1) is 26.1 Å². The van der Waals surface area contributed by atoms with Crippen LogP contribution in [0.25, 0.3) is 0 Å². The van der Waals surface area contributed by atoms with Crippen LogP contribution in [0.5, 0.6) is 0 Å². The molecule has 1 atom stereocenters. The van der Waals surface area contributed by atoms with E-state index in [1.165, 1.54) is 27.7 Å². The molecule has 0 bridgehead atoms. The van der Waals surface area contributed by atoms with Gasteiger partial charge in [0.1, 0.15) is 13.2 Å². The summed E-state index contributed by atoms with van der Waals surface area (Å²) >= 11 is 0. The van der Waals surface area contributed by atoms with Crippen LogP contribution in [0.3, 0.4) is 0 Å². The monoisotopic (exact) mass is 412 g/mol. The van der Waals surface area contributed by atoms with Gasteiger partial charge in [-0.15, -0.1) is 0 Å². The van der Waals surface area contributed by atoms with Gasteiger partial charge < -0.3 is 0 Å². The van der Waals surface area contributed by atoms with Gasteiger partial charge in [0.15, 0.2) is 0 Å². The Morgan fingerprint density at radius 2 is 1.37 bits per heavy atom. The third-order valence-electron chi connectivity index (χ3n) is 4.15. The number of nitro groups is 2. The maximum absolute atomic E-state index is 12.9. The molecule has 27 heavy (non-hydrogen) atoms.